The Morgan fingerprint density at radius 2 is 1.47 bits per heavy atom. The zero-order chi connectivity index (χ0) is 13.9. The smallest absolute Gasteiger partial charge is 0.314 e. The van der Waals surface area contributed by atoms with Crippen molar-refractivity contribution in [3.8, 4) is 0 Å². The largest absolute Gasteiger partial charge is 0.452 e. The van der Waals surface area contributed by atoms with Gasteiger partial charge in [-0.2, -0.15) is 26.3 Å². The van der Waals surface area contributed by atoms with E-state index in [0.29, 0.717) is 0 Å². The Balaban J connectivity index is 4.85. The standard InChI is InChI=1S/C7H8F8O2/c1-2-16-6(12,13)7(14,15)17-5(10,11)4(9)3-8/h4H,2-3H2,1H3. The lowest BCUT2D eigenvalue weighted by atomic mass is 10.4. The van der Waals surface area contributed by atoms with Gasteiger partial charge in [-0.15, -0.1) is 0 Å². The molecule has 10 heteroatoms. The van der Waals surface area contributed by atoms with E-state index in [-0.39, 0.29) is 0 Å². The number of hydrogen-bond acceptors (Lipinski definition) is 2. The lowest BCUT2D eigenvalue weighted by Crippen LogP contribution is -2.51. The van der Waals surface area contributed by atoms with Gasteiger partial charge in [0.15, 0.2) is 0 Å². The molecule has 0 bridgehead atoms. The highest BCUT2D eigenvalue weighted by Crippen LogP contribution is 2.41. The van der Waals surface area contributed by atoms with Gasteiger partial charge in [0.2, 0.25) is 6.17 Å². The normalized spacial score (nSPS) is 16.1. The summed E-state index contributed by atoms with van der Waals surface area (Å²) < 4.78 is 104. The number of alkyl halides is 8. The fraction of sp³-hybridized carbons (Fsp3) is 1.00. The van der Waals surface area contributed by atoms with Crippen LogP contribution in [-0.4, -0.2) is 37.8 Å². The van der Waals surface area contributed by atoms with Crippen LogP contribution in [0.4, 0.5) is 35.1 Å². The van der Waals surface area contributed by atoms with Crippen LogP contribution < -0.4 is 0 Å². The summed E-state index contributed by atoms with van der Waals surface area (Å²) >= 11 is 0. The second kappa shape index (κ2) is 5.34. The van der Waals surface area contributed by atoms with Crippen molar-refractivity contribution in [1.29, 1.82) is 0 Å². The fourth-order valence-electron chi connectivity index (χ4n) is 0.649. The van der Waals surface area contributed by atoms with E-state index in [1.807, 2.05) is 0 Å². The van der Waals surface area contributed by atoms with Crippen LogP contribution in [0.15, 0.2) is 0 Å². The summed E-state index contributed by atoms with van der Waals surface area (Å²) in [5.74, 6) is 0. The molecule has 0 rings (SSSR count). The highest BCUT2D eigenvalue weighted by atomic mass is 19.3. The Morgan fingerprint density at radius 1 is 1.00 bits per heavy atom. The summed E-state index contributed by atoms with van der Waals surface area (Å²) in [6.45, 7) is -2.41. The molecule has 0 aromatic rings. The molecule has 0 spiro atoms. The molecule has 0 radical (unpaired) electrons. The molecule has 0 heterocycles. The second-order valence-electron chi connectivity index (χ2n) is 2.75. The van der Waals surface area contributed by atoms with Crippen LogP contribution in [-0.2, 0) is 9.47 Å². The Bertz CT molecular complexity index is 244. The van der Waals surface area contributed by atoms with Gasteiger partial charge in [-0.3, -0.25) is 0 Å². The molecular formula is C7H8F8O2. The number of hydrogen-bond donors (Lipinski definition) is 0. The van der Waals surface area contributed by atoms with E-state index in [9.17, 15) is 35.1 Å². The van der Waals surface area contributed by atoms with Crippen molar-refractivity contribution in [1.82, 2.24) is 0 Å². The maximum absolute atomic E-state index is 12.5. The molecule has 0 amide bonds. The van der Waals surface area contributed by atoms with Crippen LogP contribution in [0.2, 0.25) is 0 Å². The monoisotopic (exact) mass is 276 g/mol. The van der Waals surface area contributed by atoms with E-state index >= 15 is 0 Å². The van der Waals surface area contributed by atoms with Gasteiger partial charge in [0.25, 0.3) is 0 Å². The Morgan fingerprint density at radius 3 is 1.82 bits per heavy atom. The van der Waals surface area contributed by atoms with Crippen LogP contribution >= 0.6 is 0 Å². The van der Waals surface area contributed by atoms with Crippen molar-refractivity contribution >= 4 is 0 Å². The van der Waals surface area contributed by atoms with Crippen molar-refractivity contribution in [3.63, 3.8) is 0 Å². The number of ether oxygens (including phenoxy) is 2. The first-order valence-corrected chi connectivity index (χ1v) is 4.17. The third-order valence-electron chi connectivity index (χ3n) is 1.43. The SMILES string of the molecule is CCOC(F)(F)C(F)(F)OC(F)(F)C(F)CF. The summed E-state index contributed by atoms with van der Waals surface area (Å²) in [6.07, 6.45) is -20.4. The van der Waals surface area contributed by atoms with Gasteiger partial charge in [0.1, 0.15) is 6.67 Å². The molecule has 104 valence electrons. The molecule has 0 aromatic heterocycles. The van der Waals surface area contributed by atoms with Gasteiger partial charge >= 0.3 is 18.3 Å². The second-order valence-corrected chi connectivity index (χ2v) is 2.75. The Kier molecular flexibility index (Phi) is 5.14. The summed E-state index contributed by atoms with van der Waals surface area (Å²) in [5.41, 5.74) is 0. The quantitative estimate of drug-likeness (QED) is 0.665. The lowest BCUT2D eigenvalue weighted by molar-refractivity contribution is -0.486. The van der Waals surface area contributed by atoms with E-state index in [2.05, 4.69) is 9.47 Å². The van der Waals surface area contributed by atoms with Crippen LogP contribution in [0.3, 0.4) is 0 Å². The maximum atomic E-state index is 12.5. The molecule has 0 aliphatic rings. The lowest BCUT2D eigenvalue weighted by Gasteiger charge is -2.29. The molecule has 0 N–H and O–H groups in total. The Hall–Kier alpha value is -0.640. The minimum absolute atomic E-state index is 0.891. The van der Waals surface area contributed by atoms with E-state index < -0.39 is 37.8 Å². The molecular weight excluding hydrogens is 268 g/mol. The van der Waals surface area contributed by atoms with E-state index in [1.165, 1.54) is 0 Å². The minimum Gasteiger partial charge on any atom is -0.314 e. The minimum atomic E-state index is -5.80. The first-order valence-electron chi connectivity index (χ1n) is 4.17. The van der Waals surface area contributed by atoms with Gasteiger partial charge in [-0.25, -0.2) is 13.5 Å². The van der Waals surface area contributed by atoms with Crippen LogP contribution in [0, 0.1) is 0 Å². The summed E-state index contributed by atoms with van der Waals surface area (Å²) in [4.78, 5) is 0. The third kappa shape index (κ3) is 3.95. The van der Waals surface area contributed by atoms with E-state index in [4.69, 9.17) is 0 Å². The van der Waals surface area contributed by atoms with Gasteiger partial charge in [0.05, 0.1) is 6.61 Å². The van der Waals surface area contributed by atoms with Crippen molar-refractivity contribution < 1.29 is 44.6 Å². The number of rotatable bonds is 7. The van der Waals surface area contributed by atoms with Crippen molar-refractivity contribution in [2.45, 2.75) is 31.4 Å². The molecule has 0 aromatic carbocycles. The molecule has 2 nitrogen and oxygen atoms in total. The first kappa shape index (κ1) is 16.4. The third-order valence-corrected chi connectivity index (χ3v) is 1.43. The number of halogens is 8. The topological polar surface area (TPSA) is 18.5 Å². The van der Waals surface area contributed by atoms with Gasteiger partial charge in [-0.05, 0) is 6.92 Å². The molecule has 0 aliphatic heterocycles. The Labute approximate surface area is 90.5 Å². The van der Waals surface area contributed by atoms with E-state index in [0.717, 1.165) is 6.92 Å². The predicted molar refractivity (Wildman–Crippen MR) is 38.4 cm³/mol. The fourth-order valence-corrected chi connectivity index (χ4v) is 0.649. The first-order chi connectivity index (χ1) is 7.50. The van der Waals surface area contributed by atoms with Gasteiger partial charge < -0.3 is 4.74 Å². The zero-order valence-electron chi connectivity index (χ0n) is 8.33. The van der Waals surface area contributed by atoms with Crippen molar-refractivity contribution in [2.75, 3.05) is 13.3 Å². The van der Waals surface area contributed by atoms with Crippen LogP contribution in [0.5, 0.6) is 0 Å². The van der Waals surface area contributed by atoms with Crippen LogP contribution in [0.25, 0.3) is 0 Å². The molecule has 0 saturated heterocycles. The average Bonchev–Trinajstić information content (AvgIpc) is 2.14. The van der Waals surface area contributed by atoms with Gasteiger partial charge in [0, 0.05) is 0 Å². The van der Waals surface area contributed by atoms with E-state index in [1.54, 1.807) is 0 Å². The summed E-state index contributed by atoms with van der Waals surface area (Å²) in [6, 6.07) is 0. The molecule has 0 saturated carbocycles. The predicted octanol–water partition coefficient (Wildman–Crippen LogP) is 3.13. The summed E-state index contributed by atoms with van der Waals surface area (Å²) in [5, 5.41) is 0. The highest BCUT2D eigenvalue weighted by molar-refractivity contribution is 4.73. The molecule has 0 fully saturated rings. The molecule has 0 aliphatic carbocycles. The van der Waals surface area contributed by atoms with Gasteiger partial charge in [-0.1, -0.05) is 0 Å². The average molecular weight is 276 g/mol. The van der Waals surface area contributed by atoms with Crippen molar-refractivity contribution in [2.24, 2.45) is 0 Å². The molecule has 17 heavy (non-hydrogen) atoms. The molecule has 1 atom stereocenters. The summed E-state index contributed by atoms with van der Waals surface area (Å²) in [7, 11) is 0. The van der Waals surface area contributed by atoms with Crippen molar-refractivity contribution in [3.05, 3.63) is 0 Å². The maximum Gasteiger partial charge on any atom is 0.452 e. The molecule has 1 unspecified atom stereocenters. The highest BCUT2D eigenvalue weighted by Gasteiger charge is 2.65. The zero-order valence-corrected chi connectivity index (χ0v) is 8.33. The van der Waals surface area contributed by atoms with Crippen LogP contribution in [0.1, 0.15) is 6.92 Å².